The van der Waals surface area contributed by atoms with Gasteiger partial charge >= 0.3 is 0 Å². The van der Waals surface area contributed by atoms with E-state index in [2.05, 4.69) is 9.88 Å². The molecular weight excluding hydrogens is 340 g/mol. The van der Waals surface area contributed by atoms with Crippen molar-refractivity contribution in [1.82, 2.24) is 19.4 Å². The average Bonchev–Trinajstić information content (AvgIpc) is 3.36. The predicted molar refractivity (Wildman–Crippen MR) is 105 cm³/mol. The summed E-state index contributed by atoms with van der Waals surface area (Å²) in [6, 6.07) is 6.19. The molecule has 2 aromatic rings. The highest BCUT2D eigenvalue weighted by molar-refractivity contribution is 5.99. The van der Waals surface area contributed by atoms with Gasteiger partial charge in [-0.1, -0.05) is 26.7 Å². The summed E-state index contributed by atoms with van der Waals surface area (Å²) >= 11 is 0. The Balaban J connectivity index is 1.46. The van der Waals surface area contributed by atoms with Gasteiger partial charge in [-0.05, 0) is 31.0 Å². The van der Waals surface area contributed by atoms with Crippen LogP contribution in [0.15, 0.2) is 24.5 Å². The fourth-order valence-corrected chi connectivity index (χ4v) is 4.34. The van der Waals surface area contributed by atoms with Gasteiger partial charge in [0.15, 0.2) is 0 Å². The zero-order valence-corrected chi connectivity index (χ0v) is 16.2. The molecule has 0 spiro atoms. The number of carbonyl (C=O) groups is 2. The summed E-state index contributed by atoms with van der Waals surface area (Å²) in [5, 5.41) is 0. The highest BCUT2D eigenvalue weighted by Crippen LogP contribution is 2.25. The van der Waals surface area contributed by atoms with Gasteiger partial charge in [0, 0.05) is 43.7 Å². The minimum Gasteiger partial charge on any atom is -0.336 e. The number of hydrogen-bond acceptors (Lipinski definition) is 4. The van der Waals surface area contributed by atoms with Gasteiger partial charge in [0.2, 0.25) is 5.91 Å². The van der Waals surface area contributed by atoms with E-state index in [0.717, 1.165) is 37.7 Å². The van der Waals surface area contributed by atoms with Crippen molar-refractivity contribution >= 4 is 22.8 Å². The first-order valence-corrected chi connectivity index (χ1v) is 10.1. The molecule has 2 heterocycles. The highest BCUT2D eigenvalue weighted by Gasteiger charge is 2.28. The van der Waals surface area contributed by atoms with Gasteiger partial charge in [-0.2, -0.15) is 0 Å². The van der Waals surface area contributed by atoms with Crippen LogP contribution in [-0.4, -0.2) is 63.4 Å². The molecule has 0 N–H and O–H groups in total. The molecule has 1 aromatic carbocycles. The summed E-state index contributed by atoms with van der Waals surface area (Å²) in [7, 11) is 0. The largest absolute Gasteiger partial charge is 0.336 e. The smallest absolute Gasteiger partial charge is 0.254 e. The van der Waals surface area contributed by atoms with Crippen LogP contribution >= 0.6 is 0 Å². The maximum Gasteiger partial charge on any atom is 0.254 e. The molecule has 6 heteroatoms. The van der Waals surface area contributed by atoms with Gasteiger partial charge in [-0.15, -0.1) is 0 Å². The zero-order chi connectivity index (χ0) is 19.0. The number of carbonyl (C=O) groups excluding carboxylic acids is 2. The molecule has 4 rings (SSSR count). The second kappa shape index (κ2) is 7.43. The zero-order valence-electron chi connectivity index (χ0n) is 16.2. The van der Waals surface area contributed by atoms with Crippen LogP contribution in [-0.2, 0) is 0 Å². The molecular formula is C21H28N4O2. The average molecular weight is 368 g/mol. The molecule has 1 aliphatic carbocycles. The molecule has 0 bridgehead atoms. The SMILES string of the molecule is CC(C)C(=O)n1cnc2cc(C(=O)N3CCN(C4CCCC4)CC3)ccc21. The third-order valence-corrected chi connectivity index (χ3v) is 5.97. The van der Waals surface area contributed by atoms with Crippen LogP contribution in [0.1, 0.15) is 54.7 Å². The molecule has 1 saturated heterocycles. The van der Waals surface area contributed by atoms with Crippen LogP contribution in [0.5, 0.6) is 0 Å². The number of piperazine rings is 1. The summed E-state index contributed by atoms with van der Waals surface area (Å²) in [6.07, 6.45) is 6.86. The first-order chi connectivity index (χ1) is 13.0. The maximum absolute atomic E-state index is 12.9. The van der Waals surface area contributed by atoms with E-state index in [1.54, 1.807) is 10.9 Å². The normalized spacial score (nSPS) is 19.3. The highest BCUT2D eigenvalue weighted by atomic mass is 16.2. The second-order valence-corrected chi connectivity index (χ2v) is 8.08. The lowest BCUT2D eigenvalue weighted by molar-refractivity contribution is 0.0573. The van der Waals surface area contributed by atoms with E-state index < -0.39 is 0 Å². The van der Waals surface area contributed by atoms with E-state index in [4.69, 9.17) is 0 Å². The van der Waals surface area contributed by atoms with Gasteiger partial charge in [0.25, 0.3) is 5.91 Å². The summed E-state index contributed by atoms with van der Waals surface area (Å²) in [5.41, 5.74) is 2.11. The van der Waals surface area contributed by atoms with Gasteiger partial charge in [-0.3, -0.25) is 19.1 Å². The standard InChI is InChI=1S/C21H28N4O2/c1-15(2)20(26)25-14-22-18-13-16(7-8-19(18)25)21(27)24-11-9-23(10-12-24)17-5-3-4-6-17/h7-8,13-15,17H,3-6,9-12H2,1-2H3. The molecule has 1 amide bonds. The van der Waals surface area contributed by atoms with E-state index in [0.29, 0.717) is 11.1 Å². The molecule has 0 radical (unpaired) electrons. The Hall–Kier alpha value is -2.21. The third kappa shape index (κ3) is 3.50. The monoisotopic (exact) mass is 368 g/mol. The Morgan fingerprint density at radius 2 is 1.78 bits per heavy atom. The van der Waals surface area contributed by atoms with Gasteiger partial charge < -0.3 is 4.90 Å². The molecule has 1 saturated carbocycles. The molecule has 6 nitrogen and oxygen atoms in total. The molecule has 144 valence electrons. The lowest BCUT2D eigenvalue weighted by Gasteiger charge is -2.38. The van der Waals surface area contributed by atoms with Gasteiger partial charge in [0.05, 0.1) is 11.0 Å². The molecule has 2 fully saturated rings. The summed E-state index contributed by atoms with van der Waals surface area (Å²) < 4.78 is 1.58. The third-order valence-electron chi connectivity index (χ3n) is 5.97. The van der Waals surface area contributed by atoms with E-state index in [9.17, 15) is 9.59 Å². The van der Waals surface area contributed by atoms with Crippen molar-refractivity contribution in [1.29, 1.82) is 0 Å². The van der Waals surface area contributed by atoms with Crippen molar-refractivity contribution in [2.45, 2.75) is 45.6 Å². The van der Waals surface area contributed by atoms with Crippen LogP contribution in [0.3, 0.4) is 0 Å². The number of rotatable bonds is 3. The van der Waals surface area contributed by atoms with Crippen molar-refractivity contribution in [3.63, 3.8) is 0 Å². The summed E-state index contributed by atoms with van der Waals surface area (Å²) in [6.45, 7) is 7.25. The number of amides is 1. The lowest BCUT2D eigenvalue weighted by Crippen LogP contribution is -2.51. The topological polar surface area (TPSA) is 58.4 Å². The van der Waals surface area contributed by atoms with E-state index >= 15 is 0 Å². The number of aromatic nitrogens is 2. The lowest BCUT2D eigenvalue weighted by atomic mass is 10.1. The first kappa shape index (κ1) is 18.2. The molecule has 0 unspecified atom stereocenters. The van der Waals surface area contributed by atoms with Crippen molar-refractivity contribution in [3.8, 4) is 0 Å². The molecule has 1 aliphatic heterocycles. The maximum atomic E-state index is 12.9. The van der Waals surface area contributed by atoms with Crippen LogP contribution in [0.2, 0.25) is 0 Å². The quantitative estimate of drug-likeness (QED) is 0.836. The molecule has 27 heavy (non-hydrogen) atoms. The Bertz CT molecular complexity index is 843. The van der Waals surface area contributed by atoms with Crippen molar-refractivity contribution in [2.24, 2.45) is 5.92 Å². The van der Waals surface area contributed by atoms with E-state index in [-0.39, 0.29) is 17.7 Å². The fraction of sp³-hybridized carbons (Fsp3) is 0.571. The minimum absolute atomic E-state index is 0.0135. The Labute approximate surface area is 160 Å². The minimum atomic E-state index is -0.0973. The van der Waals surface area contributed by atoms with Crippen LogP contribution < -0.4 is 0 Å². The molecule has 1 aromatic heterocycles. The van der Waals surface area contributed by atoms with Crippen LogP contribution in [0, 0.1) is 5.92 Å². The Kier molecular flexibility index (Phi) is 5.00. The van der Waals surface area contributed by atoms with Gasteiger partial charge in [-0.25, -0.2) is 4.98 Å². The van der Waals surface area contributed by atoms with Crippen LogP contribution in [0.25, 0.3) is 11.0 Å². The number of nitrogens with zero attached hydrogens (tertiary/aromatic N) is 4. The fourth-order valence-electron chi connectivity index (χ4n) is 4.34. The van der Waals surface area contributed by atoms with E-state index in [1.807, 2.05) is 36.9 Å². The van der Waals surface area contributed by atoms with Crippen molar-refractivity contribution in [3.05, 3.63) is 30.1 Å². The number of benzene rings is 1. The second-order valence-electron chi connectivity index (χ2n) is 8.08. The summed E-state index contributed by atoms with van der Waals surface area (Å²) in [5.74, 6) is -0.0211. The van der Waals surface area contributed by atoms with Crippen molar-refractivity contribution < 1.29 is 9.59 Å². The number of imidazole rings is 1. The van der Waals surface area contributed by atoms with Gasteiger partial charge in [0.1, 0.15) is 6.33 Å². The summed E-state index contributed by atoms with van der Waals surface area (Å²) in [4.78, 5) is 34.0. The number of hydrogen-bond donors (Lipinski definition) is 0. The van der Waals surface area contributed by atoms with E-state index in [1.165, 1.54) is 25.7 Å². The van der Waals surface area contributed by atoms with Crippen LogP contribution in [0.4, 0.5) is 0 Å². The molecule has 2 aliphatic rings. The van der Waals surface area contributed by atoms with Crippen molar-refractivity contribution in [2.75, 3.05) is 26.2 Å². The first-order valence-electron chi connectivity index (χ1n) is 10.1. The Morgan fingerprint density at radius 3 is 2.44 bits per heavy atom. The number of fused-ring (bicyclic) bond motifs is 1. The molecule has 0 atom stereocenters. The predicted octanol–water partition coefficient (Wildman–Crippen LogP) is 3.03. The Morgan fingerprint density at radius 1 is 1.07 bits per heavy atom.